The smallest absolute Gasteiger partial charge is 0.147 e. The molecule has 0 aliphatic heterocycles. The van der Waals surface area contributed by atoms with Crippen molar-refractivity contribution < 1.29 is 4.79 Å². The average molecular weight is 224 g/mol. The lowest BCUT2D eigenvalue weighted by molar-refractivity contribution is -0.105. The molecule has 3 heteroatoms. The predicted octanol–water partition coefficient (Wildman–Crippen LogP) is 3.38. The van der Waals surface area contributed by atoms with E-state index in [-0.39, 0.29) is 0 Å². The van der Waals surface area contributed by atoms with Gasteiger partial charge in [0.15, 0.2) is 0 Å². The van der Waals surface area contributed by atoms with E-state index in [1.165, 1.54) is 6.21 Å². The molecule has 0 aromatic rings. The number of carbonyl (C=O) groups excluding carboxylic acids is 1. The van der Waals surface area contributed by atoms with E-state index < -0.39 is 0 Å². The summed E-state index contributed by atoms with van der Waals surface area (Å²) in [6.45, 7) is 2.05. The molecule has 0 aromatic carbocycles. The maximum atomic E-state index is 10.7. The van der Waals surface area contributed by atoms with Gasteiger partial charge in [0.1, 0.15) is 6.29 Å². The topological polar surface area (TPSA) is 40.9 Å². The zero-order chi connectivity index (χ0) is 11.3. The zero-order valence-corrected chi connectivity index (χ0v) is 9.47. The number of aldehydes is 1. The van der Waals surface area contributed by atoms with Gasteiger partial charge >= 0.3 is 0 Å². The van der Waals surface area contributed by atoms with Gasteiger partial charge in [-0.2, -0.15) is 0 Å². The van der Waals surface area contributed by atoms with Crippen molar-refractivity contribution in [3.05, 3.63) is 33.9 Å². The number of allylic oxidation sites excluding steroid dienone is 6. The summed E-state index contributed by atoms with van der Waals surface area (Å²) in [5.74, 6) is 0. The third-order valence-corrected chi connectivity index (χ3v) is 2.82. The molecule has 2 nitrogen and oxygen atoms in total. The Balaban J connectivity index is 3.13. The first-order valence-electron chi connectivity index (χ1n) is 4.99. The molecular weight excluding hydrogens is 210 g/mol. The van der Waals surface area contributed by atoms with Gasteiger partial charge in [0.05, 0.1) is 5.03 Å². The first kappa shape index (κ1) is 11.9. The van der Waals surface area contributed by atoms with Crippen LogP contribution in [0.15, 0.2) is 33.9 Å². The van der Waals surface area contributed by atoms with Crippen LogP contribution in [-0.4, -0.2) is 12.5 Å². The van der Waals surface area contributed by atoms with Gasteiger partial charge in [0, 0.05) is 17.4 Å². The average Bonchev–Trinajstić information content (AvgIpc) is 2.26. The Bertz CT molecular complexity index is 364. The van der Waals surface area contributed by atoms with Gasteiger partial charge in [-0.05, 0) is 24.8 Å². The molecule has 15 heavy (non-hydrogen) atoms. The Kier molecular flexibility index (Phi) is 4.50. The van der Waals surface area contributed by atoms with Gasteiger partial charge in [0.25, 0.3) is 0 Å². The van der Waals surface area contributed by atoms with Crippen molar-refractivity contribution in [2.75, 3.05) is 0 Å². The molecule has 0 fully saturated rings. The molecular formula is C12H14ClNO. The first-order chi connectivity index (χ1) is 7.24. The number of nitrogens with one attached hydrogen (secondary N) is 1. The van der Waals surface area contributed by atoms with E-state index in [0.29, 0.717) is 22.6 Å². The molecule has 0 saturated carbocycles. The van der Waals surface area contributed by atoms with Crippen LogP contribution in [0.5, 0.6) is 0 Å². The van der Waals surface area contributed by atoms with Crippen LogP contribution < -0.4 is 0 Å². The van der Waals surface area contributed by atoms with Gasteiger partial charge < -0.3 is 5.41 Å². The van der Waals surface area contributed by atoms with Crippen molar-refractivity contribution in [1.82, 2.24) is 0 Å². The largest absolute Gasteiger partial charge is 0.308 e. The molecule has 1 rings (SSSR count). The van der Waals surface area contributed by atoms with Gasteiger partial charge in [-0.25, -0.2) is 0 Å². The predicted molar refractivity (Wildman–Crippen MR) is 63.4 cm³/mol. The number of rotatable bonds is 4. The third kappa shape index (κ3) is 2.66. The SMILES string of the molecule is CC/C=C/C1=C(C=N)C(Cl)=C(C=O)CC1. The highest BCUT2D eigenvalue weighted by Crippen LogP contribution is 2.31. The van der Waals surface area contributed by atoms with E-state index in [9.17, 15) is 4.79 Å². The second-order valence-electron chi connectivity index (χ2n) is 3.35. The summed E-state index contributed by atoms with van der Waals surface area (Å²) in [4.78, 5) is 10.7. The molecule has 0 aromatic heterocycles. The Hall–Kier alpha value is -1.15. The van der Waals surface area contributed by atoms with Crippen molar-refractivity contribution >= 4 is 24.1 Å². The highest BCUT2D eigenvalue weighted by molar-refractivity contribution is 6.36. The van der Waals surface area contributed by atoms with Crippen molar-refractivity contribution in [2.45, 2.75) is 26.2 Å². The molecule has 80 valence electrons. The summed E-state index contributed by atoms with van der Waals surface area (Å²) in [5.41, 5.74) is 2.32. The number of hydrogen-bond donors (Lipinski definition) is 1. The molecule has 0 spiro atoms. The van der Waals surface area contributed by atoms with Crippen LogP contribution in [0.4, 0.5) is 0 Å². The van der Waals surface area contributed by atoms with Crippen LogP contribution in [-0.2, 0) is 4.79 Å². The van der Waals surface area contributed by atoms with Crippen molar-refractivity contribution in [3.63, 3.8) is 0 Å². The number of carbonyl (C=O) groups is 1. The van der Waals surface area contributed by atoms with Crippen LogP contribution in [0.2, 0.25) is 0 Å². The minimum absolute atomic E-state index is 0.432. The molecule has 0 radical (unpaired) electrons. The summed E-state index contributed by atoms with van der Waals surface area (Å²) in [6, 6.07) is 0. The monoisotopic (exact) mass is 223 g/mol. The lowest BCUT2D eigenvalue weighted by atomic mass is 9.92. The minimum Gasteiger partial charge on any atom is -0.308 e. The van der Waals surface area contributed by atoms with E-state index in [2.05, 4.69) is 6.92 Å². The zero-order valence-electron chi connectivity index (χ0n) is 8.72. The summed E-state index contributed by atoms with van der Waals surface area (Å²) in [5, 5.41) is 7.74. The molecule has 0 atom stereocenters. The molecule has 0 unspecified atom stereocenters. The first-order valence-corrected chi connectivity index (χ1v) is 5.36. The third-order valence-electron chi connectivity index (χ3n) is 2.37. The summed E-state index contributed by atoms with van der Waals surface area (Å²) >= 11 is 6.03. The molecule has 0 bridgehead atoms. The second-order valence-corrected chi connectivity index (χ2v) is 3.73. The van der Waals surface area contributed by atoms with Crippen molar-refractivity contribution in [3.8, 4) is 0 Å². The molecule has 0 heterocycles. The van der Waals surface area contributed by atoms with Gasteiger partial charge in [-0.15, -0.1) is 0 Å². The standard InChI is InChI=1S/C12H14ClNO/c1-2-3-4-9-5-6-10(8-15)12(13)11(9)7-14/h3-4,7-8,14H,2,5-6H2,1H3/b4-3+,14-7?. The Morgan fingerprint density at radius 3 is 2.60 bits per heavy atom. The number of halogens is 1. The van der Waals surface area contributed by atoms with Gasteiger partial charge in [0.2, 0.25) is 0 Å². The fourth-order valence-corrected chi connectivity index (χ4v) is 1.84. The van der Waals surface area contributed by atoms with E-state index in [4.69, 9.17) is 17.0 Å². The Morgan fingerprint density at radius 1 is 1.40 bits per heavy atom. The Morgan fingerprint density at radius 2 is 2.07 bits per heavy atom. The van der Waals surface area contributed by atoms with E-state index in [0.717, 1.165) is 24.7 Å². The molecule has 1 aliphatic rings. The van der Waals surface area contributed by atoms with Gasteiger partial charge in [-0.1, -0.05) is 30.7 Å². The van der Waals surface area contributed by atoms with Crippen molar-refractivity contribution in [2.24, 2.45) is 0 Å². The van der Waals surface area contributed by atoms with Crippen LogP contribution >= 0.6 is 11.6 Å². The van der Waals surface area contributed by atoms with Crippen molar-refractivity contribution in [1.29, 1.82) is 5.41 Å². The normalized spacial score (nSPS) is 17.5. The highest BCUT2D eigenvalue weighted by atomic mass is 35.5. The van der Waals surface area contributed by atoms with E-state index >= 15 is 0 Å². The van der Waals surface area contributed by atoms with Crippen LogP contribution in [0.3, 0.4) is 0 Å². The van der Waals surface area contributed by atoms with E-state index in [1.807, 2.05) is 12.2 Å². The van der Waals surface area contributed by atoms with E-state index in [1.54, 1.807) is 0 Å². The van der Waals surface area contributed by atoms with Crippen LogP contribution in [0.25, 0.3) is 0 Å². The quantitative estimate of drug-likeness (QED) is 0.576. The summed E-state index contributed by atoms with van der Waals surface area (Å²) in [6.07, 6.45) is 8.44. The number of hydrogen-bond acceptors (Lipinski definition) is 2. The Labute approximate surface area is 94.8 Å². The lowest BCUT2D eigenvalue weighted by Crippen LogP contribution is -2.04. The maximum absolute atomic E-state index is 10.7. The van der Waals surface area contributed by atoms with Crippen LogP contribution in [0.1, 0.15) is 26.2 Å². The molecule has 1 N–H and O–H groups in total. The molecule has 1 aliphatic carbocycles. The summed E-state index contributed by atoms with van der Waals surface area (Å²) < 4.78 is 0. The molecule has 0 saturated heterocycles. The second kappa shape index (κ2) is 5.66. The lowest BCUT2D eigenvalue weighted by Gasteiger charge is -2.16. The maximum Gasteiger partial charge on any atom is 0.147 e. The molecule has 0 amide bonds. The fourth-order valence-electron chi connectivity index (χ4n) is 1.53. The fraction of sp³-hybridized carbons (Fsp3) is 0.333. The highest BCUT2D eigenvalue weighted by Gasteiger charge is 2.16. The minimum atomic E-state index is 0.432. The van der Waals surface area contributed by atoms with Crippen LogP contribution in [0, 0.1) is 5.41 Å². The van der Waals surface area contributed by atoms with Gasteiger partial charge in [-0.3, -0.25) is 4.79 Å². The summed E-state index contributed by atoms with van der Waals surface area (Å²) in [7, 11) is 0.